The minimum absolute atomic E-state index is 0.256. The van der Waals surface area contributed by atoms with Crippen LogP contribution in [0.3, 0.4) is 0 Å². The monoisotopic (exact) mass is 419 g/mol. The van der Waals surface area contributed by atoms with Gasteiger partial charge in [-0.2, -0.15) is 0 Å². The molecule has 0 fully saturated rings. The normalized spacial score (nSPS) is 14.0. The smallest absolute Gasteiger partial charge is 0.480 e. The van der Waals surface area contributed by atoms with Gasteiger partial charge in [-0.25, -0.2) is 15.0 Å². The molecule has 29 heavy (non-hydrogen) atoms. The fraction of sp³-hybridized carbons (Fsp3) is 0.294. The van der Waals surface area contributed by atoms with E-state index in [0.29, 0.717) is 16.9 Å². The lowest BCUT2D eigenvalue weighted by molar-refractivity contribution is -0.148. The Morgan fingerprint density at radius 2 is 2.00 bits per heavy atom. The number of aromatic nitrogens is 4. The van der Waals surface area contributed by atoms with Gasteiger partial charge in [-0.05, 0) is 30.5 Å². The van der Waals surface area contributed by atoms with Crippen molar-refractivity contribution in [3.05, 3.63) is 43.0 Å². The number of benzene rings is 1. The van der Waals surface area contributed by atoms with Crippen LogP contribution in [-0.4, -0.2) is 47.6 Å². The second kappa shape index (κ2) is 8.91. The van der Waals surface area contributed by atoms with Crippen molar-refractivity contribution in [2.75, 3.05) is 5.73 Å². The summed E-state index contributed by atoms with van der Waals surface area (Å²) in [5.41, 5.74) is 6.74. The molecule has 0 amide bonds. The average Bonchev–Trinajstić information content (AvgIpc) is 3.10. The van der Waals surface area contributed by atoms with Crippen LogP contribution >= 0.6 is 8.18 Å². The minimum atomic E-state index is -2.62. The Morgan fingerprint density at radius 1 is 1.28 bits per heavy atom. The summed E-state index contributed by atoms with van der Waals surface area (Å²) in [4.78, 5) is 29.9. The number of imidazole rings is 1. The molecule has 0 aliphatic heterocycles. The summed E-state index contributed by atoms with van der Waals surface area (Å²) in [6.45, 7) is 3.31. The first-order valence-electron chi connectivity index (χ1n) is 8.67. The van der Waals surface area contributed by atoms with E-state index < -0.39 is 26.3 Å². The Balaban J connectivity index is 1.72. The van der Waals surface area contributed by atoms with E-state index in [1.807, 2.05) is 0 Å². The van der Waals surface area contributed by atoms with Crippen LogP contribution in [0.4, 0.5) is 5.82 Å². The van der Waals surface area contributed by atoms with Gasteiger partial charge in [-0.15, -0.1) is 4.52 Å². The summed E-state index contributed by atoms with van der Waals surface area (Å²) in [6.07, 6.45) is 2.28. The van der Waals surface area contributed by atoms with Crippen LogP contribution in [0, 0.1) is 0 Å². The number of para-hydroxylation sites is 1. The molecule has 2 aromatic heterocycles. The number of nitrogens with zero attached hydrogens (tertiary/aromatic N) is 5. The number of anilines is 1. The predicted molar refractivity (Wildman–Crippen MR) is 104 cm³/mol. The molecule has 0 saturated heterocycles. The van der Waals surface area contributed by atoms with Crippen LogP contribution in [-0.2, 0) is 20.4 Å². The quantitative estimate of drug-likeness (QED) is 0.391. The van der Waals surface area contributed by atoms with Crippen LogP contribution < -0.4 is 10.6 Å². The zero-order chi connectivity index (χ0) is 21.0. The highest BCUT2D eigenvalue weighted by Gasteiger charge is 2.43. The lowest BCUT2D eigenvalue weighted by Gasteiger charge is -2.16. The molecule has 0 radical (unpaired) electrons. The Labute approximate surface area is 167 Å². The maximum atomic E-state index is 12.7. The lowest BCUT2D eigenvalue weighted by Crippen LogP contribution is -2.37. The van der Waals surface area contributed by atoms with Crippen LogP contribution in [0.1, 0.15) is 13.8 Å². The molecule has 2 unspecified atom stereocenters. The van der Waals surface area contributed by atoms with Gasteiger partial charge in [0.15, 0.2) is 23.3 Å². The first kappa shape index (κ1) is 20.6. The number of carboxylic acids is 1. The average molecular weight is 419 g/mol. The van der Waals surface area contributed by atoms with Crippen molar-refractivity contribution in [3.63, 3.8) is 0 Å². The Morgan fingerprint density at radius 3 is 2.69 bits per heavy atom. The van der Waals surface area contributed by atoms with Gasteiger partial charge in [0, 0.05) is 0 Å². The number of hydrogen-bond donors (Lipinski definition) is 2. The van der Waals surface area contributed by atoms with Crippen LogP contribution in [0.25, 0.3) is 11.2 Å². The molecule has 12 heteroatoms. The van der Waals surface area contributed by atoms with E-state index in [0.717, 1.165) is 4.83 Å². The summed E-state index contributed by atoms with van der Waals surface area (Å²) >= 11 is 0. The van der Waals surface area contributed by atoms with Crippen LogP contribution in [0.15, 0.2) is 43.0 Å². The van der Waals surface area contributed by atoms with Crippen molar-refractivity contribution >= 4 is 31.1 Å². The third-order valence-corrected chi connectivity index (χ3v) is 5.24. The highest BCUT2D eigenvalue weighted by Crippen LogP contribution is 2.34. The lowest BCUT2D eigenvalue weighted by atomic mass is 10.3. The maximum absolute atomic E-state index is 12.7. The molecule has 0 aliphatic rings. The molecule has 152 valence electrons. The molecule has 0 aliphatic carbocycles. The molecule has 3 rings (SSSR count). The van der Waals surface area contributed by atoms with E-state index in [9.17, 15) is 14.5 Å². The number of fused-ring (bicyclic) bond motifs is 1. The maximum Gasteiger partial charge on any atom is 0.653 e. The van der Waals surface area contributed by atoms with Crippen molar-refractivity contribution < 1.29 is 23.8 Å². The minimum Gasteiger partial charge on any atom is -0.480 e. The molecular weight excluding hydrogens is 399 g/mol. The number of hydrogen-bond acceptors (Lipinski definition) is 8. The molecule has 3 N–H and O–H groups in total. The number of nitrogens with two attached hydrogens (primary N) is 1. The van der Waals surface area contributed by atoms with Crippen molar-refractivity contribution in [1.82, 2.24) is 24.4 Å². The molecule has 11 nitrogen and oxygen atoms in total. The number of aliphatic carboxylic acids is 1. The molecule has 3 atom stereocenters. The third-order valence-electron chi connectivity index (χ3n) is 3.95. The highest BCUT2D eigenvalue weighted by atomic mass is 31.1. The summed E-state index contributed by atoms with van der Waals surface area (Å²) in [7, 11) is -2.62. The van der Waals surface area contributed by atoms with Crippen molar-refractivity contribution in [3.8, 4) is 5.75 Å². The number of nitrogen functional groups attached to an aromatic ring is 1. The SMILES string of the molecule is CC(C(=O)O)N(Oc1ccccc1)[P+](=O)O[C@H](C)Cn1cnc2c(N)ncnc21. The van der Waals surface area contributed by atoms with Gasteiger partial charge < -0.3 is 20.2 Å². The Bertz CT molecular complexity index is 1010. The largest absolute Gasteiger partial charge is 0.653 e. The summed E-state index contributed by atoms with van der Waals surface area (Å²) in [5.74, 6) is -0.604. The first-order valence-corrected chi connectivity index (χ1v) is 9.80. The molecule has 3 aromatic rings. The van der Waals surface area contributed by atoms with Gasteiger partial charge in [0.2, 0.25) is 0 Å². The molecule has 0 bridgehead atoms. The number of carboxylic acid groups (broad SMARTS) is 1. The molecular formula is C17H20N6O5P+. The van der Waals surface area contributed by atoms with Gasteiger partial charge in [0.05, 0.1) is 12.9 Å². The summed E-state index contributed by atoms with van der Waals surface area (Å²) in [6, 6.07) is 7.25. The van der Waals surface area contributed by atoms with E-state index in [2.05, 4.69) is 15.0 Å². The van der Waals surface area contributed by atoms with E-state index in [1.54, 1.807) is 41.8 Å². The van der Waals surface area contributed by atoms with E-state index in [4.69, 9.17) is 15.1 Å². The third kappa shape index (κ3) is 4.83. The van der Waals surface area contributed by atoms with Crippen molar-refractivity contribution in [1.29, 1.82) is 0 Å². The number of hydroxylamine groups is 1. The highest BCUT2D eigenvalue weighted by molar-refractivity contribution is 7.36. The first-order chi connectivity index (χ1) is 13.9. The summed E-state index contributed by atoms with van der Waals surface area (Å²) < 4.78 is 20.0. The number of rotatable bonds is 9. The Kier molecular flexibility index (Phi) is 6.32. The zero-order valence-corrected chi connectivity index (χ0v) is 16.6. The number of carbonyl (C=O) groups is 1. The molecule has 2 heterocycles. The van der Waals surface area contributed by atoms with Crippen LogP contribution in [0.5, 0.6) is 5.75 Å². The second-order valence-corrected chi connectivity index (χ2v) is 7.28. The van der Waals surface area contributed by atoms with Crippen LogP contribution in [0.2, 0.25) is 0 Å². The second-order valence-electron chi connectivity index (χ2n) is 6.20. The fourth-order valence-electron chi connectivity index (χ4n) is 2.48. The van der Waals surface area contributed by atoms with Crippen molar-refractivity contribution in [2.24, 2.45) is 0 Å². The van der Waals surface area contributed by atoms with Gasteiger partial charge in [0.1, 0.15) is 22.8 Å². The Hall–Kier alpha value is -3.14. The fourth-order valence-corrected chi connectivity index (χ4v) is 3.49. The topological polar surface area (TPSA) is 146 Å². The van der Waals surface area contributed by atoms with Gasteiger partial charge in [0.25, 0.3) is 0 Å². The van der Waals surface area contributed by atoms with Gasteiger partial charge in [-0.3, -0.25) is 4.79 Å². The predicted octanol–water partition coefficient (Wildman–Crippen LogP) is 2.24. The molecule has 1 aromatic carbocycles. The van der Waals surface area contributed by atoms with E-state index >= 15 is 0 Å². The molecule has 0 saturated carbocycles. The van der Waals surface area contributed by atoms with Crippen molar-refractivity contribution in [2.45, 2.75) is 32.5 Å². The van der Waals surface area contributed by atoms with Gasteiger partial charge >= 0.3 is 14.1 Å². The molecule has 0 spiro atoms. The van der Waals surface area contributed by atoms with E-state index in [-0.39, 0.29) is 12.4 Å². The van der Waals surface area contributed by atoms with E-state index in [1.165, 1.54) is 19.6 Å². The van der Waals surface area contributed by atoms with Gasteiger partial charge in [-0.1, -0.05) is 18.2 Å². The zero-order valence-electron chi connectivity index (χ0n) is 15.7. The summed E-state index contributed by atoms with van der Waals surface area (Å²) in [5, 5.41) is 9.32. The standard InChI is InChI=1S/C17H19N6O5P/c1-11(8-22-10-21-14-15(18)19-9-20-16(14)22)28-29(26)23(12(2)17(24)25)27-13-6-4-3-5-7-13/h3-7,9-12H,8H2,1-2H3,(H2-,18,19,20,24,25)/p+1/t11-,12?/m1/s1.